The van der Waals surface area contributed by atoms with E-state index in [0.717, 1.165) is 13.2 Å². The average molecular weight is 261 g/mol. The van der Waals surface area contributed by atoms with Gasteiger partial charge >= 0.3 is 5.97 Å². The lowest BCUT2D eigenvalue weighted by atomic mass is 10.1. The minimum absolute atomic E-state index is 0.421. The summed E-state index contributed by atoms with van der Waals surface area (Å²) >= 11 is 5.59. The average Bonchev–Trinajstić information content (AvgIpc) is 2.27. The van der Waals surface area contributed by atoms with Gasteiger partial charge in [0.1, 0.15) is 5.02 Å². The van der Waals surface area contributed by atoms with Gasteiger partial charge in [-0.3, -0.25) is 20.2 Å². The summed E-state index contributed by atoms with van der Waals surface area (Å²) in [6.07, 6.45) is 0. The van der Waals surface area contributed by atoms with Crippen molar-refractivity contribution in [2.75, 3.05) is 7.11 Å². The molecular formula is C8H5ClN2O6. The van der Waals surface area contributed by atoms with Crippen LogP contribution in [0.3, 0.4) is 0 Å². The van der Waals surface area contributed by atoms with Crippen molar-refractivity contribution < 1.29 is 19.4 Å². The topological polar surface area (TPSA) is 113 Å². The molecule has 0 aliphatic rings. The number of esters is 1. The fourth-order valence-electron chi connectivity index (χ4n) is 1.09. The number of nitro benzene ring substituents is 2. The molecule has 1 rings (SSSR count). The lowest BCUT2D eigenvalue weighted by molar-refractivity contribution is -0.394. The van der Waals surface area contributed by atoms with Crippen LogP contribution in [0.25, 0.3) is 0 Å². The van der Waals surface area contributed by atoms with Crippen molar-refractivity contribution in [2.24, 2.45) is 0 Å². The number of hydrogen-bond donors (Lipinski definition) is 0. The number of nitro groups is 2. The fourth-order valence-corrected chi connectivity index (χ4v) is 1.35. The van der Waals surface area contributed by atoms with Gasteiger partial charge in [-0.2, -0.15) is 0 Å². The highest BCUT2D eigenvalue weighted by Gasteiger charge is 2.26. The molecule has 0 saturated heterocycles. The van der Waals surface area contributed by atoms with Crippen molar-refractivity contribution in [2.45, 2.75) is 0 Å². The Morgan fingerprint density at radius 2 is 1.88 bits per heavy atom. The van der Waals surface area contributed by atoms with Gasteiger partial charge in [0.05, 0.1) is 28.6 Å². The van der Waals surface area contributed by atoms with Crippen LogP contribution >= 0.6 is 11.6 Å². The highest BCUT2D eigenvalue weighted by molar-refractivity contribution is 6.35. The molecule has 9 heteroatoms. The van der Waals surface area contributed by atoms with Gasteiger partial charge in [0, 0.05) is 6.07 Å². The number of ether oxygens (including phenoxy) is 1. The second kappa shape index (κ2) is 4.74. The number of hydrogen-bond acceptors (Lipinski definition) is 6. The summed E-state index contributed by atoms with van der Waals surface area (Å²) in [5.74, 6) is -0.984. The third-order valence-electron chi connectivity index (χ3n) is 1.85. The van der Waals surface area contributed by atoms with Crippen LogP contribution in [0.15, 0.2) is 12.1 Å². The largest absolute Gasteiger partial charge is 0.465 e. The molecule has 0 aliphatic carbocycles. The van der Waals surface area contributed by atoms with E-state index in [-0.39, 0.29) is 0 Å². The highest BCUT2D eigenvalue weighted by atomic mass is 35.5. The Kier molecular flexibility index (Phi) is 3.59. The summed E-state index contributed by atoms with van der Waals surface area (Å²) in [4.78, 5) is 30.6. The lowest BCUT2D eigenvalue weighted by Crippen LogP contribution is -2.05. The Morgan fingerprint density at radius 3 is 2.29 bits per heavy atom. The van der Waals surface area contributed by atoms with E-state index in [0.29, 0.717) is 6.07 Å². The minimum Gasteiger partial charge on any atom is -0.465 e. The summed E-state index contributed by atoms with van der Waals surface area (Å²) < 4.78 is 4.32. The van der Waals surface area contributed by atoms with Gasteiger partial charge < -0.3 is 4.74 Å². The first-order valence-electron chi connectivity index (χ1n) is 4.09. The third-order valence-corrected chi connectivity index (χ3v) is 2.25. The van der Waals surface area contributed by atoms with E-state index in [1.165, 1.54) is 0 Å². The lowest BCUT2D eigenvalue weighted by Gasteiger charge is -2.02. The van der Waals surface area contributed by atoms with Crippen LogP contribution < -0.4 is 0 Å². The number of methoxy groups -OCH3 is 1. The van der Waals surface area contributed by atoms with Crippen molar-refractivity contribution >= 4 is 28.9 Å². The van der Waals surface area contributed by atoms with E-state index >= 15 is 0 Å². The molecule has 8 nitrogen and oxygen atoms in total. The Balaban J connectivity index is 3.54. The standard InChI is InChI=1S/C8H5ClN2O6/c1-17-8(12)5-2-4(10(13)14)3-6(7(5)9)11(15)16/h2-3H,1H3. The zero-order chi connectivity index (χ0) is 13.2. The molecule has 17 heavy (non-hydrogen) atoms. The third kappa shape index (κ3) is 2.48. The van der Waals surface area contributed by atoms with Crippen LogP contribution in [-0.2, 0) is 4.74 Å². The number of carbonyl (C=O) groups is 1. The van der Waals surface area contributed by atoms with E-state index in [1.54, 1.807) is 0 Å². The van der Waals surface area contributed by atoms with Gasteiger partial charge in [-0.1, -0.05) is 11.6 Å². The zero-order valence-electron chi connectivity index (χ0n) is 8.38. The number of benzene rings is 1. The first-order chi connectivity index (χ1) is 7.88. The normalized spacial score (nSPS) is 9.76. The van der Waals surface area contributed by atoms with Gasteiger partial charge in [0.25, 0.3) is 11.4 Å². The van der Waals surface area contributed by atoms with Crippen LogP contribution in [0.2, 0.25) is 5.02 Å². The molecule has 0 N–H and O–H groups in total. The van der Waals surface area contributed by atoms with Crippen molar-refractivity contribution in [3.05, 3.63) is 42.9 Å². The maximum atomic E-state index is 11.2. The summed E-state index contributed by atoms with van der Waals surface area (Å²) in [5.41, 5.74) is -1.75. The minimum atomic E-state index is -0.984. The molecule has 0 atom stereocenters. The number of non-ortho nitro benzene ring substituents is 1. The molecule has 0 saturated carbocycles. The molecule has 0 aromatic heterocycles. The summed E-state index contributed by atoms with van der Waals surface area (Å²) in [7, 11) is 1.03. The molecule has 0 aliphatic heterocycles. The highest BCUT2D eigenvalue weighted by Crippen LogP contribution is 2.33. The van der Waals surface area contributed by atoms with Crippen molar-refractivity contribution in [3.8, 4) is 0 Å². The second-order valence-electron chi connectivity index (χ2n) is 2.83. The van der Waals surface area contributed by atoms with Gasteiger partial charge in [0.15, 0.2) is 0 Å². The van der Waals surface area contributed by atoms with E-state index in [4.69, 9.17) is 11.6 Å². The monoisotopic (exact) mass is 260 g/mol. The molecule has 0 amide bonds. The summed E-state index contributed by atoms with van der Waals surface area (Å²) in [6.45, 7) is 0. The molecule has 0 bridgehead atoms. The number of halogens is 1. The van der Waals surface area contributed by atoms with E-state index in [9.17, 15) is 25.0 Å². The molecule has 0 fully saturated rings. The van der Waals surface area contributed by atoms with Gasteiger partial charge in [-0.15, -0.1) is 0 Å². The van der Waals surface area contributed by atoms with Crippen LogP contribution in [0.4, 0.5) is 11.4 Å². The van der Waals surface area contributed by atoms with Crippen LogP contribution in [0.1, 0.15) is 10.4 Å². The fraction of sp³-hybridized carbons (Fsp3) is 0.125. The number of nitrogens with zero attached hydrogens (tertiary/aromatic N) is 2. The van der Waals surface area contributed by atoms with Crippen molar-refractivity contribution in [1.29, 1.82) is 0 Å². The molecule has 0 heterocycles. The van der Waals surface area contributed by atoms with Gasteiger partial charge in [-0.05, 0) is 0 Å². The SMILES string of the molecule is COC(=O)c1cc([N+](=O)[O-])cc([N+](=O)[O-])c1Cl. The van der Waals surface area contributed by atoms with E-state index < -0.39 is 37.8 Å². The van der Waals surface area contributed by atoms with Crippen molar-refractivity contribution in [3.63, 3.8) is 0 Å². The quantitative estimate of drug-likeness (QED) is 0.466. The summed E-state index contributed by atoms with van der Waals surface area (Å²) in [6, 6.07) is 1.50. The molecule has 1 aromatic rings. The molecule has 90 valence electrons. The maximum Gasteiger partial charge on any atom is 0.339 e. The van der Waals surface area contributed by atoms with Crippen LogP contribution in [-0.4, -0.2) is 22.9 Å². The molecule has 1 aromatic carbocycles. The summed E-state index contributed by atoms with van der Waals surface area (Å²) in [5, 5.41) is 20.7. The van der Waals surface area contributed by atoms with Crippen molar-refractivity contribution in [1.82, 2.24) is 0 Å². The number of carbonyl (C=O) groups excluding carboxylic acids is 1. The Bertz CT molecular complexity index is 515. The smallest absolute Gasteiger partial charge is 0.339 e. The first-order valence-corrected chi connectivity index (χ1v) is 4.47. The maximum absolute atomic E-state index is 11.2. The van der Waals surface area contributed by atoms with Crippen LogP contribution in [0.5, 0.6) is 0 Å². The predicted octanol–water partition coefficient (Wildman–Crippen LogP) is 1.94. The van der Waals surface area contributed by atoms with E-state index in [2.05, 4.69) is 4.74 Å². The van der Waals surface area contributed by atoms with Gasteiger partial charge in [-0.25, -0.2) is 4.79 Å². The number of rotatable bonds is 3. The van der Waals surface area contributed by atoms with Crippen LogP contribution in [0, 0.1) is 20.2 Å². The Morgan fingerprint density at radius 1 is 1.29 bits per heavy atom. The van der Waals surface area contributed by atoms with E-state index in [1.807, 2.05) is 0 Å². The van der Waals surface area contributed by atoms with Gasteiger partial charge in [0.2, 0.25) is 0 Å². The molecule has 0 unspecified atom stereocenters. The predicted molar refractivity (Wildman–Crippen MR) is 56.1 cm³/mol. The second-order valence-corrected chi connectivity index (χ2v) is 3.21. The molecule has 0 spiro atoms. The first kappa shape index (κ1) is 12.8. The Hall–Kier alpha value is -2.22. The molecule has 0 radical (unpaired) electrons. The molecular weight excluding hydrogens is 256 g/mol. The zero-order valence-corrected chi connectivity index (χ0v) is 9.13. The Labute approximate surface area is 99.0 Å².